The van der Waals surface area contributed by atoms with Crippen LogP contribution in [0.25, 0.3) is 0 Å². The second-order valence-corrected chi connectivity index (χ2v) is 11.4. The van der Waals surface area contributed by atoms with Gasteiger partial charge >= 0.3 is 18.3 Å². The molecular weight excluding hydrogens is 554 g/mol. The van der Waals surface area contributed by atoms with E-state index in [0.717, 1.165) is 12.8 Å². The summed E-state index contributed by atoms with van der Waals surface area (Å²) >= 11 is 0. The summed E-state index contributed by atoms with van der Waals surface area (Å²) in [6.45, 7) is 0.835. The van der Waals surface area contributed by atoms with Crippen molar-refractivity contribution in [3.8, 4) is 5.75 Å². The largest absolute Gasteiger partial charge is 0.426 e. The van der Waals surface area contributed by atoms with Gasteiger partial charge in [0.1, 0.15) is 5.75 Å². The maximum atomic E-state index is 13.4. The summed E-state index contributed by atoms with van der Waals surface area (Å²) < 4.78 is 84.6. The number of fused-ring (bicyclic) bond motifs is 1. The van der Waals surface area contributed by atoms with Crippen molar-refractivity contribution in [2.45, 2.75) is 63.5 Å². The molecule has 1 amide bonds. The summed E-state index contributed by atoms with van der Waals surface area (Å²) in [5.41, 5.74) is -2.54. The van der Waals surface area contributed by atoms with Crippen molar-refractivity contribution in [1.29, 1.82) is 0 Å². The first-order valence-corrected chi connectivity index (χ1v) is 13.5. The second-order valence-electron chi connectivity index (χ2n) is 11.4. The number of rotatable bonds is 8. The number of carbonyl (C=O) groups excluding carboxylic acids is 2. The van der Waals surface area contributed by atoms with E-state index in [9.17, 15) is 41.0 Å². The van der Waals surface area contributed by atoms with Crippen LogP contribution in [0.1, 0.15) is 66.0 Å². The molecule has 0 bridgehead atoms. The van der Waals surface area contributed by atoms with E-state index in [1.165, 1.54) is 0 Å². The number of alkyl halides is 6. The average molecular weight is 585 g/mol. The van der Waals surface area contributed by atoms with Gasteiger partial charge in [0.25, 0.3) is 0 Å². The van der Waals surface area contributed by atoms with Crippen LogP contribution in [0.2, 0.25) is 0 Å². The van der Waals surface area contributed by atoms with Crippen LogP contribution in [0.4, 0.5) is 26.3 Å². The van der Waals surface area contributed by atoms with Crippen LogP contribution in [0.15, 0.2) is 36.4 Å². The van der Waals surface area contributed by atoms with E-state index in [1.807, 2.05) is 4.90 Å². The summed E-state index contributed by atoms with van der Waals surface area (Å²) in [6, 6.07) is 6.44. The zero-order valence-electron chi connectivity index (χ0n) is 22.1. The smallest absolute Gasteiger partial charge is 0.416 e. The summed E-state index contributed by atoms with van der Waals surface area (Å²) in [5, 5.41) is 13.5. The highest BCUT2D eigenvalue weighted by molar-refractivity contribution is 5.83. The number of aliphatic hydroxyl groups excluding tert-OH is 1. The molecule has 1 saturated heterocycles. The number of piperidine rings is 1. The number of hydrogen-bond donors (Lipinski definition) is 2. The van der Waals surface area contributed by atoms with Crippen LogP contribution in [-0.4, -0.2) is 41.5 Å². The van der Waals surface area contributed by atoms with Crippen molar-refractivity contribution >= 4 is 11.9 Å². The van der Waals surface area contributed by atoms with Crippen molar-refractivity contribution < 1.29 is 45.8 Å². The molecule has 1 unspecified atom stereocenters. The molecule has 0 radical (unpaired) electrons. The van der Waals surface area contributed by atoms with E-state index in [4.69, 9.17) is 4.74 Å². The number of likely N-dealkylation sites (tertiary alicyclic amines) is 1. The number of aliphatic hydroxyl groups is 1. The first kappa shape index (κ1) is 29.4. The van der Waals surface area contributed by atoms with Crippen LogP contribution < -0.4 is 10.1 Å². The Balaban J connectivity index is 1.23. The molecule has 2 heterocycles. The highest BCUT2D eigenvalue weighted by Gasteiger charge is 2.45. The maximum absolute atomic E-state index is 13.4. The van der Waals surface area contributed by atoms with E-state index < -0.39 is 41.5 Å². The van der Waals surface area contributed by atoms with E-state index in [-0.39, 0.29) is 29.9 Å². The number of amides is 1. The Kier molecular flexibility index (Phi) is 7.84. The van der Waals surface area contributed by atoms with Crippen LogP contribution >= 0.6 is 0 Å². The predicted molar refractivity (Wildman–Crippen MR) is 134 cm³/mol. The van der Waals surface area contributed by atoms with Gasteiger partial charge in [0.2, 0.25) is 5.91 Å². The number of β-amino-alcohol motifs (C(OH)–C–C–N with tert-alkyl or cyclic N) is 1. The molecule has 2 aromatic carbocycles. The fraction of sp³-hybridized carbons (Fsp3) is 0.517. The molecule has 41 heavy (non-hydrogen) atoms. The van der Waals surface area contributed by atoms with Gasteiger partial charge in [-0.2, -0.15) is 26.3 Å². The molecule has 2 N–H and O–H groups in total. The maximum Gasteiger partial charge on any atom is 0.416 e. The highest BCUT2D eigenvalue weighted by Crippen LogP contribution is 2.46. The first-order valence-electron chi connectivity index (χ1n) is 13.5. The molecule has 2 aliphatic heterocycles. The third kappa shape index (κ3) is 6.86. The fourth-order valence-corrected chi connectivity index (χ4v) is 5.76. The van der Waals surface area contributed by atoms with Gasteiger partial charge < -0.3 is 20.1 Å². The van der Waals surface area contributed by atoms with Gasteiger partial charge in [-0.25, -0.2) is 0 Å². The molecule has 0 aromatic heterocycles. The van der Waals surface area contributed by atoms with Crippen molar-refractivity contribution in [2.75, 3.05) is 19.6 Å². The Bertz CT molecular complexity index is 1280. The zero-order chi connectivity index (χ0) is 29.6. The standard InChI is InChI=1S/C29H30F6N2O4/c30-28(31,32)21-9-18(10-22(13-21)29(33,34)35)15-36-26(40)27(14-17-1-2-17)5-7-37(8-6-27)16-23(38)19-3-4-24-20(11-19)12-25(39)41-24/h3-4,9-11,13,17,23,38H,1-2,5-8,12,14-16H2,(H,36,40). The number of nitrogens with zero attached hydrogens (tertiary/aromatic N) is 1. The quantitative estimate of drug-likeness (QED) is 0.246. The average Bonchev–Trinajstić information content (AvgIpc) is 3.63. The number of benzene rings is 2. The molecule has 12 heteroatoms. The SMILES string of the molecule is O=C1Cc2cc(C(O)CN3CCC(CC4CC4)(C(=O)NCc4cc(C(F)(F)F)cc(C(F)(F)F)c4)CC3)ccc2O1. The molecule has 1 atom stereocenters. The van der Waals surface area contributed by atoms with Crippen molar-refractivity contribution in [3.05, 3.63) is 64.2 Å². The Morgan fingerprint density at radius 1 is 1.02 bits per heavy atom. The number of hydrogen-bond acceptors (Lipinski definition) is 5. The highest BCUT2D eigenvalue weighted by atomic mass is 19.4. The molecule has 2 aromatic rings. The lowest BCUT2D eigenvalue weighted by Gasteiger charge is -2.41. The minimum atomic E-state index is -4.96. The Labute approximate surface area is 232 Å². The van der Waals surface area contributed by atoms with Crippen LogP contribution in [0.5, 0.6) is 5.75 Å². The summed E-state index contributed by atoms with van der Waals surface area (Å²) in [7, 11) is 0. The van der Waals surface area contributed by atoms with Crippen LogP contribution in [0, 0.1) is 11.3 Å². The van der Waals surface area contributed by atoms with Crippen molar-refractivity contribution in [3.63, 3.8) is 0 Å². The Morgan fingerprint density at radius 3 is 2.24 bits per heavy atom. The Hall–Kier alpha value is -3.12. The Morgan fingerprint density at radius 2 is 1.66 bits per heavy atom. The van der Waals surface area contributed by atoms with E-state index in [1.54, 1.807) is 18.2 Å². The van der Waals surface area contributed by atoms with Gasteiger partial charge in [0.05, 0.1) is 29.1 Å². The lowest BCUT2D eigenvalue weighted by atomic mass is 9.73. The molecule has 6 nitrogen and oxygen atoms in total. The minimum Gasteiger partial charge on any atom is -0.426 e. The van der Waals surface area contributed by atoms with E-state index >= 15 is 0 Å². The normalized spacial score (nSPS) is 19.9. The minimum absolute atomic E-state index is 0.0696. The summed E-state index contributed by atoms with van der Waals surface area (Å²) in [4.78, 5) is 27.0. The third-order valence-corrected chi connectivity index (χ3v) is 8.23. The van der Waals surface area contributed by atoms with Gasteiger partial charge in [0, 0.05) is 18.7 Å². The number of esters is 1. The van der Waals surface area contributed by atoms with Crippen molar-refractivity contribution in [1.82, 2.24) is 10.2 Å². The second kappa shape index (κ2) is 10.9. The van der Waals surface area contributed by atoms with Crippen molar-refractivity contribution in [2.24, 2.45) is 11.3 Å². The first-order chi connectivity index (χ1) is 19.2. The number of ether oxygens (including phenoxy) is 1. The number of halogens is 6. The summed E-state index contributed by atoms with van der Waals surface area (Å²) in [6.07, 6.45) is -7.15. The lowest BCUT2D eigenvalue weighted by Crippen LogP contribution is -2.49. The monoisotopic (exact) mass is 584 g/mol. The molecule has 0 spiro atoms. The molecule has 5 rings (SSSR count). The molecule has 2 fully saturated rings. The number of carbonyl (C=O) groups is 2. The zero-order valence-corrected chi connectivity index (χ0v) is 22.1. The number of nitrogens with one attached hydrogen (secondary N) is 1. The molecule has 1 aliphatic carbocycles. The van der Waals surface area contributed by atoms with Gasteiger partial charge in [0.15, 0.2) is 0 Å². The lowest BCUT2D eigenvalue weighted by molar-refractivity contribution is -0.143. The molecule has 222 valence electrons. The predicted octanol–water partition coefficient (Wildman–Crippen LogP) is 5.42. The topological polar surface area (TPSA) is 78.9 Å². The fourth-order valence-electron chi connectivity index (χ4n) is 5.76. The van der Waals surface area contributed by atoms with Crippen LogP contribution in [-0.2, 0) is 34.9 Å². The van der Waals surface area contributed by atoms with E-state index in [2.05, 4.69) is 5.32 Å². The van der Waals surface area contributed by atoms with E-state index in [0.29, 0.717) is 73.8 Å². The molecule has 1 saturated carbocycles. The van der Waals surface area contributed by atoms with Gasteiger partial charge in [-0.15, -0.1) is 0 Å². The third-order valence-electron chi connectivity index (χ3n) is 8.23. The van der Waals surface area contributed by atoms with Gasteiger partial charge in [-0.05, 0) is 79.7 Å². The van der Waals surface area contributed by atoms with Crippen LogP contribution in [0.3, 0.4) is 0 Å². The van der Waals surface area contributed by atoms with Gasteiger partial charge in [-0.1, -0.05) is 18.9 Å². The molecule has 3 aliphatic rings. The summed E-state index contributed by atoms with van der Waals surface area (Å²) in [5.74, 6) is 0.125. The van der Waals surface area contributed by atoms with Gasteiger partial charge in [-0.3, -0.25) is 9.59 Å². The molecular formula is C29H30F6N2O4.